The first kappa shape index (κ1) is 15.6. The van der Waals surface area contributed by atoms with Crippen LogP contribution in [0.2, 0.25) is 0 Å². The second kappa shape index (κ2) is 6.03. The number of anilines is 1. The number of aryl methyl sites for hydroxylation is 2. The summed E-state index contributed by atoms with van der Waals surface area (Å²) in [7, 11) is 0. The van der Waals surface area contributed by atoms with E-state index in [2.05, 4.69) is 4.90 Å². The summed E-state index contributed by atoms with van der Waals surface area (Å²) in [6, 6.07) is 3.76. The normalized spacial score (nSPS) is 17.7. The maximum atomic E-state index is 5.55. The maximum absolute atomic E-state index is 5.55. The van der Waals surface area contributed by atoms with Crippen LogP contribution in [0.3, 0.4) is 0 Å². The van der Waals surface area contributed by atoms with Crippen molar-refractivity contribution in [1.29, 1.82) is 0 Å². The van der Waals surface area contributed by atoms with Crippen LogP contribution in [0.5, 0.6) is 0 Å². The number of ether oxygens (including phenoxy) is 1. The molecule has 0 radical (unpaired) electrons. The maximum Gasteiger partial charge on any atom is 0.230 e. The fraction of sp³-hybridized carbons (Fsp3) is 0.421. The van der Waals surface area contributed by atoms with E-state index < -0.39 is 0 Å². The summed E-state index contributed by atoms with van der Waals surface area (Å²) in [4.78, 5) is 14.7. The minimum Gasteiger partial charge on any atom is -0.461 e. The molecule has 0 saturated carbocycles. The van der Waals surface area contributed by atoms with Crippen molar-refractivity contribution in [3.8, 4) is 11.6 Å². The monoisotopic (exact) mass is 381 g/mol. The van der Waals surface area contributed by atoms with E-state index in [9.17, 15) is 0 Å². The summed E-state index contributed by atoms with van der Waals surface area (Å²) >= 11 is 1.83. The minimum atomic E-state index is 0.611. The summed E-state index contributed by atoms with van der Waals surface area (Å²) in [6.07, 6.45) is 6.40. The van der Waals surface area contributed by atoms with Crippen LogP contribution in [0.4, 0.5) is 5.95 Å². The van der Waals surface area contributed by atoms with E-state index in [0.717, 1.165) is 42.4 Å². The van der Waals surface area contributed by atoms with Crippen LogP contribution in [-0.4, -0.2) is 45.9 Å². The molecule has 0 spiro atoms. The third kappa shape index (κ3) is 2.40. The molecule has 4 aromatic rings. The lowest BCUT2D eigenvalue weighted by atomic mass is 9.97. The van der Waals surface area contributed by atoms with Gasteiger partial charge in [0.25, 0.3) is 0 Å². The van der Waals surface area contributed by atoms with Gasteiger partial charge < -0.3 is 14.1 Å². The molecule has 5 heterocycles. The van der Waals surface area contributed by atoms with Crippen molar-refractivity contribution in [3.05, 3.63) is 28.8 Å². The van der Waals surface area contributed by atoms with Gasteiger partial charge in [0.15, 0.2) is 11.4 Å². The number of nitrogens with zero attached hydrogens (tertiary/aromatic N) is 5. The molecule has 1 fully saturated rings. The highest BCUT2D eigenvalue weighted by Gasteiger charge is 2.26. The summed E-state index contributed by atoms with van der Waals surface area (Å²) in [5, 5.41) is 5.96. The number of aromatic nitrogens is 4. The Morgan fingerprint density at radius 1 is 1.07 bits per heavy atom. The first-order valence-corrected chi connectivity index (χ1v) is 10.3. The molecular formula is C19H19N5O2S. The molecule has 0 N–H and O–H groups in total. The van der Waals surface area contributed by atoms with Crippen LogP contribution in [0.1, 0.15) is 23.3 Å². The fourth-order valence-electron chi connectivity index (χ4n) is 4.09. The molecule has 6 rings (SSSR count). The predicted molar refractivity (Wildman–Crippen MR) is 104 cm³/mol. The number of morpholine rings is 1. The fourth-order valence-corrected chi connectivity index (χ4v) is 5.34. The van der Waals surface area contributed by atoms with E-state index in [-0.39, 0.29) is 0 Å². The Balaban J connectivity index is 1.65. The van der Waals surface area contributed by atoms with Gasteiger partial charge in [0.05, 0.1) is 24.9 Å². The molecule has 4 aromatic heterocycles. The van der Waals surface area contributed by atoms with Crippen molar-refractivity contribution in [2.75, 3.05) is 31.2 Å². The van der Waals surface area contributed by atoms with Crippen LogP contribution in [0, 0.1) is 0 Å². The molecule has 2 aliphatic rings. The van der Waals surface area contributed by atoms with Crippen molar-refractivity contribution < 1.29 is 9.15 Å². The summed E-state index contributed by atoms with van der Waals surface area (Å²) in [6.45, 7) is 3.05. The first-order valence-electron chi connectivity index (χ1n) is 9.46. The van der Waals surface area contributed by atoms with Crippen LogP contribution in [-0.2, 0) is 17.6 Å². The quantitative estimate of drug-likeness (QED) is 0.531. The molecule has 0 atom stereocenters. The Hall–Kier alpha value is -2.45. The third-order valence-electron chi connectivity index (χ3n) is 5.41. The van der Waals surface area contributed by atoms with Gasteiger partial charge in [-0.1, -0.05) is 0 Å². The number of hydrogen-bond donors (Lipinski definition) is 0. The lowest BCUT2D eigenvalue weighted by Gasteiger charge is -2.27. The van der Waals surface area contributed by atoms with E-state index in [1.165, 1.54) is 28.7 Å². The smallest absolute Gasteiger partial charge is 0.230 e. The molecule has 8 heteroatoms. The molecule has 0 aromatic carbocycles. The molecule has 1 aliphatic heterocycles. The number of furan rings is 1. The lowest BCUT2D eigenvalue weighted by Crippen LogP contribution is -2.38. The highest BCUT2D eigenvalue weighted by molar-refractivity contribution is 7.19. The SMILES string of the molecule is c1coc(-c2nc3c4c5c(sc4nc(N4CCOCC4)n3n2)CCCC5)c1. The van der Waals surface area contributed by atoms with Crippen molar-refractivity contribution in [2.45, 2.75) is 25.7 Å². The van der Waals surface area contributed by atoms with Crippen molar-refractivity contribution >= 4 is 33.1 Å². The van der Waals surface area contributed by atoms with E-state index in [1.54, 1.807) is 6.26 Å². The zero-order valence-electron chi connectivity index (χ0n) is 14.8. The van der Waals surface area contributed by atoms with Crippen LogP contribution >= 0.6 is 11.3 Å². The van der Waals surface area contributed by atoms with Crippen molar-refractivity contribution in [3.63, 3.8) is 0 Å². The topological polar surface area (TPSA) is 68.7 Å². The lowest BCUT2D eigenvalue weighted by molar-refractivity contribution is 0.122. The average Bonchev–Trinajstić information content (AvgIpc) is 3.44. The first-order chi connectivity index (χ1) is 13.4. The molecule has 1 aliphatic carbocycles. The largest absolute Gasteiger partial charge is 0.461 e. The molecule has 27 heavy (non-hydrogen) atoms. The van der Waals surface area contributed by atoms with Gasteiger partial charge in [0.1, 0.15) is 4.83 Å². The van der Waals surface area contributed by atoms with Crippen molar-refractivity contribution in [2.24, 2.45) is 0 Å². The van der Waals surface area contributed by atoms with Crippen LogP contribution in [0.15, 0.2) is 22.8 Å². The zero-order chi connectivity index (χ0) is 17.8. The summed E-state index contributed by atoms with van der Waals surface area (Å²) in [5.74, 6) is 2.15. The van der Waals surface area contributed by atoms with E-state index in [0.29, 0.717) is 24.8 Å². The van der Waals surface area contributed by atoms with Crippen LogP contribution < -0.4 is 4.90 Å². The van der Waals surface area contributed by atoms with Gasteiger partial charge >= 0.3 is 0 Å². The average molecular weight is 381 g/mol. The second-order valence-corrected chi connectivity index (χ2v) is 8.13. The van der Waals surface area contributed by atoms with Gasteiger partial charge in [-0.25, -0.2) is 9.97 Å². The Morgan fingerprint density at radius 2 is 1.96 bits per heavy atom. The molecule has 0 bridgehead atoms. The highest BCUT2D eigenvalue weighted by atomic mass is 32.1. The Labute approximate surface area is 159 Å². The zero-order valence-corrected chi connectivity index (χ0v) is 15.7. The van der Waals surface area contributed by atoms with Gasteiger partial charge in [-0.05, 0) is 43.4 Å². The minimum absolute atomic E-state index is 0.611. The molecule has 7 nitrogen and oxygen atoms in total. The number of thiophene rings is 1. The molecular weight excluding hydrogens is 362 g/mol. The van der Waals surface area contributed by atoms with Gasteiger partial charge in [0, 0.05) is 18.0 Å². The Kier molecular flexibility index (Phi) is 3.48. The second-order valence-electron chi connectivity index (χ2n) is 7.05. The van der Waals surface area contributed by atoms with Crippen LogP contribution in [0.25, 0.3) is 27.4 Å². The third-order valence-corrected chi connectivity index (χ3v) is 6.60. The predicted octanol–water partition coefficient (Wildman–Crippen LogP) is 3.31. The van der Waals surface area contributed by atoms with Gasteiger partial charge in [-0.15, -0.1) is 16.4 Å². The summed E-state index contributed by atoms with van der Waals surface area (Å²) < 4.78 is 13.0. The Morgan fingerprint density at radius 3 is 2.81 bits per heavy atom. The van der Waals surface area contributed by atoms with Gasteiger partial charge in [-0.3, -0.25) is 0 Å². The molecule has 0 unspecified atom stereocenters. The summed E-state index contributed by atoms with van der Waals surface area (Å²) in [5.41, 5.74) is 2.32. The standard InChI is InChI=1S/C19H19N5O2S/c1-2-6-14-12(4-1)15-17-20-16(13-5-3-9-26-13)22-24(17)19(21-18(15)27-14)23-7-10-25-11-8-23/h3,5,9H,1-2,4,6-8,10-11H2. The molecule has 138 valence electrons. The van der Waals surface area contributed by atoms with E-state index in [1.807, 2.05) is 28.0 Å². The number of fused-ring (bicyclic) bond motifs is 5. The van der Waals surface area contributed by atoms with Crippen molar-refractivity contribution in [1.82, 2.24) is 19.6 Å². The van der Waals surface area contributed by atoms with Gasteiger partial charge in [0.2, 0.25) is 11.8 Å². The number of hydrogen-bond acceptors (Lipinski definition) is 7. The number of rotatable bonds is 2. The van der Waals surface area contributed by atoms with E-state index in [4.69, 9.17) is 24.2 Å². The molecule has 0 amide bonds. The highest BCUT2D eigenvalue weighted by Crippen LogP contribution is 2.39. The van der Waals surface area contributed by atoms with Gasteiger partial charge in [-0.2, -0.15) is 4.52 Å². The van der Waals surface area contributed by atoms with E-state index >= 15 is 0 Å². The Bertz CT molecular complexity index is 1120. The molecule has 1 saturated heterocycles.